The minimum absolute atomic E-state index is 0.0292. The van der Waals surface area contributed by atoms with Crippen LogP contribution in [0, 0.1) is 5.41 Å². The number of amides is 1. The number of hydrogen-bond acceptors (Lipinski definition) is 4. The lowest BCUT2D eigenvalue weighted by molar-refractivity contribution is -0.122. The van der Waals surface area contributed by atoms with Gasteiger partial charge < -0.3 is 15.2 Å². The molecule has 2 N–H and O–H groups in total. The van der Waals surface area contributed by atoms with Gasteiger partial charge in [-0.1, -0.05) is 20.8 Å². The van der Waals surface area contributed by atoms with Crippen molar-refractivity contribution in [1.29, 1.82) is 0 Å². The summed E-state index contributed by atoms with van der Waals surface area (Å²) in [6, 6.07) is 0. The number of carbonyl (C=O) groups is 1. The van der Waals surface area contributed by atoms with Crippen molar-refractivity contribution in [2.24, 2.45) is 5.41 Å². The molecule has 0 aromatic heterocycles. The highest BCUT2D eigenvalue weighted by Crippen LogP contribution is 2.21. The summed E-state index contributed by atoms with van der Waals surface area (Å²) in [7, 11) is 0. The highest BCUT2D eigenvalue weighted by atomic mass is 16.5. The summed E-state index contributed by atoms with van der Waals surface area (Å²) in [6.45, 7) is 12.3. The third-order valence-electron chi connectivity index (χ3n) is 3.66. The first-order valence-electron chi connectivity index (χ1n) is 7.97. The number of carbonyl (C=O) groups excluding carboxylic acids is 1. The summed E-state index contributed by atoms with van der Waals surface area (Å²) in [5.41, 5.74) is -0.626. The van der Waals surface area contributed by atoms with Gasteiger partial charge in [-0.05, 0) is 25.2 Å². The van der Waals surface area contributed by atoms with Gasteiger partial charge in [0.05, 0.1) is 18.8 Å². The molecule has 1 unspecified atom stereocenters. The molecule has 1 saturated heterocycles. The first-order valence-corrected chi connectivity index (χ1v) is 7.97. The Bertz CT molecular complexity index is 318. The lowest BCUT2D eigenvalue weighted by Gasteiger charge is -2.33. The van der Waals surface area contributed by atoms with E-state index in [2.05, 4.69) is 31.0 Å². The minimum Gasteiger partial charge on any atom is -0.387 e. The molecule has 1 aliphatic rings. The number of ether oxygens (including phenoxy) is 1. The predicted octanol–water partition coefficient (Wildman–Crippen LogP) is 1.40. The van der Waals surface area contributed by atoms with Gasteiger partial charge >= 0.3 is 0 Å². The molecule has 1 heterocycles. The molecule has 1 aliphatic heterocycles. The quantitative estimate of drug-likeness (QED) is 0.746. The highest BCUT2D eigenvalue weighted by molar-refractivity contribution is 5.75. The second kappa shape index (κ2) is 8.11. The molecule has 0 saturated carbocycles. The lowest BCUT2D eigenvalue weighted by atomic mass is 9.90. The van der Waals surface area contributed by atoms with E-state index >= 15 is 0 Å². The summed E-state index contributed by atoms with van der Waals surface area (Å²) in [4.78, 5) is 14.0. The summed E-state index contributed by atoms with van der Waals surface area (Å²) >= 11 is 0. The van der Waals surface area contributed by atoms with Gasteiger partial charge in [0.1, 0.15) is 0 Å². The van der Waals surface area contributed by atoms with E-state index in [0.717, 1.165) is 39.1 Å². The van der Waals surface area contributed by atoms with Crippen LogP contribution in [0.3, 0.4) is 0 Å². The van der Waals surface area contributed by atoms with Crippen LogP contribution in [-0.4, -0.2) is 60.9 Å². The maximum atomic E-state index is 11.8. The highest BCUT2D eigenvalue weighted by Gasteiger charge is 2.25. The average molecular weight is 300 g/mol. The fourth-order valence-electron chi connectivity index (χ4n) is 2.45. The Morgan fingerprint density at radius 3 is 2.43 bits per heavy atom. The van der Waals surface area contributed by atoms with Gasteiger partial charge in [0.2, 0.25) is 5.91 Å². The van der Waals surface area contributed by atoms with Crippen LogP contribution in [0.5, 0.6) is 0 Å². The van der Waals surface area contributed by atoms with Crippen molar-refractivity contribution in [1.82, 2.24) is 10.2 Å². The smallest absolute Gasteiger partial charge is 0.220 e. The largest absolute Gasteiger partial charge is 0.387 e. The Morgan fingerprint density at radius 2 is 1.86 bits per heavy atom. The normalized spacial score (nSPS) is 20.0. The Hall–Kier alpha value is -0.650. The number of nitrogens with zero attached hydrogens (tertiary/aromatic N) is 1. The molecule has 0 aromatic rings. The van der Waals surface area contributed by atoms with Crippen molar-refractivity contribution in [3.63, 3.8) is 0 Å². The van der Waals surface area contributed by atoms with E-state index < -0.39 is 5.60 Å². The molecular weight excluding hydrogens is 268 g/mol. The van der Waals surface area contributed by atoms with Gasteiger partial charge in [-0.3, -0.25) is 9.69 Å². The molecular formula is C16H32N2O3. The van der Waals surface area contributed by atoms with E-state index in [1.54, 1.807) is 6.92 Å². The van der Waals surface area contributed by atoms with Gasteiger partial charge in [-0.25, -0.2) is 0 Å². The molecule has 1 fully saturated rings. The summed E-state index contributed by atoms with van der Waals surface area (Å²) in [5, 5.41) is 13.2. The zero-order valence-corrected chi connectivity index (χ0v) is 14.1. The maximum absolute atomic E-state index is 11.8. The fraction of sp³-hybridized carbons (Fsp3) is 0.938. The molecule has 0 aliphatic carbocycles. The predicted molar refractivity (Wildman–Crippen MR) is 84.2 cm³/mol. The van der Waals surface area contributed by atoms with Crippen LogP contribution in [0.1, 0.15) is 47.0 Å². The van der Waals surface area contributed by atoms with Gasteiger partial charge in [0, 0.05) is 32.6 Å². The SMILES string of the molecule is CC(C)(C)CCCC(=O)NCC(C)(O)CN1CCOCC1. The van der Waals surface area contributed by atoms with Gasteiger partial charge in [0.15, 0.2) is 0 Å². The van der Waals surface area contributed by atoms with Crippen LogP contribution >= 0.6 is 0 Å². The maximum Gasteiger partial charge on any atom is 0.220 e. The molecule has 21 heavy (non-hydrogen) atoms. The van der Waals surface area contributed by atoms with E-state index in [9.17, 15) is 9.90 Å². The minimum atomic E-state index is -0.892. The Balaban J connectivity index is 2.20. The summed E-state index contributed by atoms with van der Waals surface area (Å²) in [5.74, 6) is 0.0292. The van der Waals surface area contributed by atoms with Crippen LogP contribution in [0.25, 0.3) is 0 Å². The van der Waals surface area contributed by atoms with E-state index in [4.69, 9.17) is 4.74 Å². The van der Waals surface area contributed by atoms with Gasteiger partial charge in [-0.15, -0.1) is 0 Å². The molecule has 1 atom stereocenters. The Morgan fingerprint density at radius 1 is 1.24 bits per heavy atom. The monoisotopic (exact) mass is 300 g/mol. The van der Waals surface area contributed by atoms with E-state index in [-0.39, 0.29) is 11.3 Å². The molecule has 0 radical (unpaired) electrons. The van der Waals surface area contributed by atoms with Crippen LogP contribution < -0.4 is 5.32 Å². The molecule has 1 rings (SSSR count). The standard InChI is InChI=1S/C16H32N2O3/c1-15(2,3)7-5-6-14(19)17-12-16(4,20)13-18-8-10-21-11-9-18/h20H,5-13H2,1-4H3,(H,17,19). The molecule has 0 spiro atoms. The number of morpholine rings is 1. The van der Waals surface area contributed by atoms with E-state index in [1.807, 2.05) is 0 Å². The topological polar surface area (TPSA) is 61.8 Å². The van der Waals surface area contributed by atoms with E-state index in [0.29, 0.717) is 19.5 Å². The lowest BCUT2D eigenvalue weighted by Crippen LogP contribution is -2.51. The fourth-order valence-corrected chi connectivity index (χ4v) is 2.45. The van der Waals surface area contributed by atoms with Crippen molar-refractivity contribution in [2.45, 2.75) is 52.6 Å². The molecule has 5 heteroatoms. The van der Waals surface area contributed by atoms with Crippen molar-refractivity contribution in [3.05, 3.63) is 0 Å². The van der Waals surface area contributed by atoms with Crippen molar-refractivity contribution in [2.75, 3.05) is 39.4 Å². The second-order valence-electron chi connectivity index (χ2n) is 7.58. The van der Waals surface area contributed by atoms with Gasteiger partial charge in [0.25, 0.3) is 0 Å². The van der Waals surface area contributed by atoms with Crippen LogP contribution in [0.2, 0.25) is 0 Å². The Labute approximate surface area is 129 Å². The van der Waals surface area contributed by atoms with Crippen LogP contribution in [-0.2, 0) is 9.53 Å². The summed E-state index contributed by atoms with van der Waals surface area (Å²) in [6.07, 6.45) is 2.45. The first kappa shape index (κ1) is 18.4. The second-order valence-corrected chi connectivity index (χ2v) is 7.58. The van der Waals surface area contributed by atoms with Crippen molar-refractivity contribution >= 4 is 5.91 Å². The number of hydrogen-bond donors (Lipinski definition) is 2. The van der Waals surface area contributed by atoms with Gasteiger partial charge in [-0.2, -0.15) is 0 Å². The van der Waals surface area contributed by atoms with Crippen molar-refractivity contribution in [3.8, 4) is 0 Å². The van der Waals surface area contributed by atoms with Crippen molar-refractivity contribution < 1.29 is 14.6 Å². The number of β-amino-alcohol motifs (C(OH)–C–C–N with tert-alkyl or cyclic N) is 1. The van der Waals surface area contributed by atoms with E-state index in [1.165, 1.54) is 0 Å². The number of rotatable bonds is 7. The Kier molecular flexibility index (Phi) is 7.10. The first-order chi connectivity index (χ1) is 9.68. The third kappa shape index (κ3) is 9.06. The van der Waals surface area contributed by atoms with Crippen LogP contribution in [0.15, 0.2) is 0 Å². The number of nitrogens with one attached hydrogen (secondary N) is 1. The zero-order chi connectivity index (χ0) is 15.9. The number of aliphatic hydroxyl groups is 1. The third-order valence-corrected chi connectivity index (χ3v) is 3.66. The molecule has 124 valence electrons. The molecule has 5 nitrogen and oxygen atoms in total. The zero-order valence-electron chi connectivity index (χ0n) is 14.1. The summed E-state index contributed by atoms with van der Waals surface area (Å²) < 4.78 is 5.29. The molecule has 1 amide bonds. The average Bonchev–Trinajstić information content (AvgIpc) is 2.36. The molecule has 0 aromatic carbocycles. The van der Waals surface area contributed by atoms with Crippen LogP contribution in [0.4, 0.5) is 0 Å². The molecule has 0 bridgehead atoms.